The summed E-state index contributed by atoms with van der Waals surface area (Å²) >= 11 is 0. The number of nitrogens with zero attached hydrogens (tertiary/aromatic N) is 2. The second kappa shape index (κ2) is 8.74. The predicted molar refractivity (Wildman–Crippen MR) is 84.8 cm³/mol. The van der Waals surface area contributed by atoms with Crippen molar-refractivity contribution in [2.24, 2.45) is 0 Å². The first-order valence-electron chi connectivity index (χ1n) is 8.59. The van der Waals surface area contributed by atoms with Gasteiger partial charge in [0.05, 0.1) is 6.61 Å². The summed E-state index contributed by atoms with van der Waals surface area (Å²) in [6, 6.07) is 0.0299. The molecule has 2 saturated heterocycles. The van der Waals surface area contributed by atoms with Crippen molar-refractivity contribution in [3.63, 3.8) is 0 Å². The summed E-state index contributed by atoms with van der Waals surface area (Å²) in [5, 5.41) is 2.92. The number of carbonyl (C=O) groups is 3. The number of rotatable bonds is 4. The largest absolute Gasteiger partial charge is 0.450 e. The fourth-order valence-electron chi connectivity index (χ4n) is 3.09. The van der Waals surface area contributed by atoms with E-state index in [1.807, 2.05) is 0 Å². The van der Waals surface area contributed by atoms with Gasteiger partial charge in [0.15, 0.2) is 0 Å². The molecule has 0 spiro atoms. The highest BCUT2D eigenvalue weighted by Gasteiger charge is 2.26. The lowest BCUT2D eigenvalue weighted by molar-refractivity contribution is -0.137. The molecule has 0 unspecified atom stereocenters. The Morgan fingerprint density at radius 2 is 1.65 bits per heavy atom. The van der Waals surface area contributed by atoms with Gasteiger partial charge < -0.3 is 19.9 Å². The van der Waals surface area contributed by atoms with Crippen molar-refractivity contribution >= 4 is 17.9 Å². The van der Waals surface area contributed by atoms with Crippen molar-refractivity contribution < 1.29 is 19.1 Å². The molecule has 2 aliphatic rings. The fourth-order valence-corrected chi connectivity index (χ4v) is 3.09. The Balaban J connectivity index is 1.68. The predicted octanol–water partition coefficient (Wildman–Crippen LogP) is 1.13. The molecule has 0 radical (unpaired) electrons. The summed E-state index contributed by atoms with van der Waals surface area (Å²) < 4.78 is 4.97. The van der Waals surface area contributed by atoms with Gasteiger partial charge >= 0.3 is 6.09 Å². The van der Waals surface area contributed by atoms with Crippen LogP contribution >= 0.6 is 0 Å². The van der Waals surface area contributed by atoms with E-state index >= 15 is 0 Å². The minimum absolute atomic E-state index is 0.0299. The van der Waals surface area contributed by atoms with Crippen molar-refractivity contribution in [1.29, 1.82) is 0 Å². The molecule has 0 aliphatic carbocycles. The zero-order valence-electron chi connectivity index (χ0n) is 13.9. The zero-order valence-corrected chi connectivity index (χ0v) is 13.9. The highest BCUT2D eigenvalue weighted by molar-refractivity contribution is 5.97. The van der Waals surface area contributed by atoms with E-state index in [0.717, 1.165) is 32.4 Å². The van der Waals surface area contributed by atoms with E-state index in [1.54, 1.807) is 16.7 Å². The number of hydrogen-bond acceptors (Lipinski definition) is 4. The summed E-state index contributed by atoms with van der Waals surface area (Å²) in [7, 11) is 0. The second-order valence-electron chi connectivity index (χ2n) is 6.15. The molecule has 0 saturated carbocycles. The third-order valence-corrected chi connectivity index (χ3v) is 4.41. The van der Waals surface area contributed by atoms with Gasteiger partial charge in [-0.1, -0.05) is 0 Å². The van der Waals surface area contributed by atoms with Gasteiger partial charge in [-0.15, -0.1) is 0 Å². The van der Waals surface area contributed by atoms with E-state index in [0.29, 0.717) is 32.5 Å². The van der Waals surface area contributed by atoms with Crippen molar-refractivity contribution in [3.8, 4) is 0 Å². The Kier molecular flexibility index (Phi) is 6.67. The Hall–Kier alpha value is -1.79. The molecular weight excluding hydrogens is 298 g/mol. The molecule has 0 aromatic carbocycles. The van der Waals surface area contributed by atoms with Crippen molar-refractivity contribution in [1.82, 2.24) is 15.1 Å². The first-order chi connectivity index (χ1) is 11.1. The van der Waals surface area contributed by atoms with Crippen LogP contribution in [0.3, 0.4) is 0 Å². The Labute approximate surface area is 137 Å². The van der Waals surface area contributed by atoms with E-state index < -0.39 is 0 Å². The lowest BCUT2D eigenvalue weighted by Gasteiger charge is -2.32. The van der Waals surface area contributed by atoms with Gasteiger partial charge in [-0.2, -0.15) is 0 Å². The molecule has 0 aromatic heterocycles. The maximum atomic E-state index is 12.1. The average molecular weight is 325 g/mol. The van der Waals surface area contributed by atoms with E-state index in [4.69, 9.17) is 4.74 Å². The van der Waals surface area contributed by atoms with Crippen LogP contribution < -0.4 is 5.32 Å². The van der Waals surface area contributed by atoms with Crippen LogP contribution in [0.15, 0.2) is 0 Å². The Bertz CT molecular complexity index is 427. The molecule has 130 valence electrons. The highest BCUT2D eigenvalue weighted by Crippen LogP contribution is 2.13. The van der Waals surface area contributed by atoms with Crippen LogP contribution in [-0.2, 0) is 14.3 Å². The maximum Gasteiger partial charge on any atom is 0.409 e. The van der Waals surface area contributed by atoms with Crippen LogP contribution in [0.4, 0.5) is 4.79 Å². The summed E-state index contributed by atoms with van der Waals surface area (Å²) in [5.74, 6) is -0.290. The molecule has 2 rings (SSSR count). The third-order valence-electron chi connectivity index (χ3n) is 4.41. The van der Waals surface area contributed by atoms with Crippen molar-refractivity contribution in [3.05, 3.63) is 0 Å². The monoisotopic (exact) mass is 325 g/mol. The molecule has 2 fully saturated rings. The normalized spacial score (nSPS) is 19.3. The molecule has 7 heteroatoms. The van der Waals surface area contributed by atoms with Gasteiger partial charge in [0.1, 0.15) is 6.42 Å². The zero-order chi connectivity index (χ0) is 16.7. The van der Waals surface area contributed by atoms with E-state index in [1.165, 1.54) is 0 Å². The number of piperidine rings is 2. The number of carbonyl (C=O) groups excluding carboxylic acids is 3. The summed E-state index contributed by atoms with van der Waals surface area (Å²) in [4.78, 5) is 39.1. The summed E-state index contributed by atoms with van der Waals surface area (Å²) in [5.41, 5.74) is 0. The number of ether oxygens (including phenoxy) is 1. The van der Waals surface area contributed by atoms with E-state index in [9.17, 15) is 14.4 Å². The van der Waals surface area contributed by atoms with Gasteiger partial charge in [0.25, 0.3) is 0 Å². The van der Waals surface area contributed by atoms with Gasteiger partial charge in [0.2, 0.25) is 11.8 Å². The molecule has 0 aromatic rings. The van der Waals surface area contributed by atoms with E-state index in [2.05, 4.69) is 5.32 Å². The summed E-state index contributed by atoms with van der Waals surface area (Å²) in [6.07, 6.45) is 4.25. The SMILES string of the molecule is CCOC(=O)N1CCC(NC(=O)CC(=O)N2CCCCC2)CC1. The highest BCUT2D eigenvalue weighted by atomic mass is 16.6. The minimum atomic E-state index is -0.294. The number of likely N-dealkylation sites (tertiary alicyclic amines) is 2. The van der Waals surface area contributed by atoms with Crippen molar-refractivity contribution in [2.45, 2.75) is 51.5 Å². The van der Waals surface area contributed by atoms with Crippen LogP contribution in [0.25, 0.3) is 0 Å². The van der Waals surface area contributed by atoms with Gasteiger partial charge in [0, 0.05) is 32.2 Å². The van der Waals surface area contributed by atoms with Gasteiger partial charge in [-0.25, -0.2) is 4.79 Å². The Morgan fingerprint density at radius 1 is 1.00 bits per heavy atom. The topological polar surface area (TPSA) is 79.0 Å². The molecule has 1 N–H and O–H groups in total. The second-order valence-corrected chi connectivity index (χ2v) is 6.15. The Morgan fingerprint density at radius 3 is 2.26 bits per heavy atom. The fraction of sp³-hybridized carbons (Fsp3) is 0.812. The summed E-state index contributed by atoms with van der Waals surface area (Å²) in [6.45, 7) is 4.83. The quantitative estimate of drug-likeness (QED) is 0.786. The van der Waals surface area contributed by atoms with Crippen LogP contribution in [0.2, 0.25) is 0 Å². The van der Waals surface area contributed by atoms with Gasteiger partial charge in [-0.3, -0.25) is 9.59 Å². The molecule has 7 nitrogen and oxygen atoms in total. The molecule has 2 aliphatic heterocycles. The maximum absolute atomic E-state index is 12.1. The standard InChI is InChI=1S/C16H27N3O4/c1-2-23-16(22)19-10-6-13(7-11-19)17-14(20)12-15(21)18-8-4-3-5-9-18/h13H,2-12H2,1H3,(H,17,20). The van der Waals surface area contributed by atoms with Crippen LogP contribution in [0, 0.1) is 0 Å². The molecule has 2 heterocycles. The number of nitrogens with one attached hydrogen (secondary N) is 1. The third kappa shape index (κ3) is 5.41. The van der Waals surface area contributed by atoms with Crippen LogP contribution in [-0.4, -0.2) is 66.5 Å². The minimum Gasteiger partial charge on any atom is -0.450 e. The lowest BCUT2D eigenvalue weighted by atomic mass is 10.1. The molecular formula is C16H27N3O4. The lowest BCUT2D eigenvalue weighted by Crippen LogP contribution is -2.47. The number of amides is 3. The number of hydrogen-bond donors (Lipinski definition) is 1. The average Bonchev–Trinajstić information content (AvgIpc) is 2.56. The van der Waals surface area contributed by atoms with Gasteiger partial charge in [-0.05, 0) is 39.0 Å². The smallest absolute Gasteiger partial charge is 0.409 e. The van der Waals surface area contributed by atoms with E-state index in [-0.39, 0.29) is 30.4 Å². The van der Waals surface area contributed by atoms with Crippen molar-refractivity contribution in [2.75, 3.05) is 32.8 Å². The molecule has 0 atom stereocenters. The van der Waals surface area contributed by atoms with Crippen LogP contribution in [0.1, 0.15) is 45.4 Å². The first kappa shape index (κ1) is 17.6. The first-order valence-corrected chi connectivity index (χ1v) is 8.59. The molecule has 23 heavy (non-hydrogen) atoms. The van der Waals surface area contributed by atoms with Crippen LogP contribution in [0.5, 0.6) is 0 Å². The molecule has 0 bridgehead atoms. The molecule has 3 amide bonds.